The standard InChI is InChI=1S/C22H25N3O7S/c1-3-32-22(27)17-7-9-18(10-8-17)33(30,31)24-13-11-16(12-14-24)21(26)23-19-5-4-6-20(15(19)2)25(28)29/h4-10,16H,3,11-14H2,1-2H3,(H,23,26). The zero-order chi connectivity index (χ0) is 24.2. The van der Waals surface area contributed by atoms with Crippen LogP contribution in [0.1, 0.15) is 35.7 Å². The van der Waals surface area contributed by atoms with Crippen LogP contribution >= 0.6 is 0 Å². The molecule has 3 rings (SSSR count). The normalized spacial score (nSPS) is 15.1. The number of carbonyl (C=O) groups is 2. The van der Waals surface area contributed by atoms with Gasteiger partial charge in [-0.15, -0.1) is 0 Å². The predicted molar refractivity (Wildman–Crippen MR) is 120 cm³/mol. The third-order valence-corrected chi connectivity index (χ3v) is 7.50. The molecule has 176 valence electrons. The number of hydrogen-bond acceptors (Lipinski definition) is 7. The van der Waals surface area contributed by atoms with Crippen molar-refractivity contribution in [1.29, 1.82) is 0 Å². The molecule has 0 atom stereocenters. The summed E-state index contributed by atoms with van der Waals surface area (Å²) in [5, 5.41) is 13.8. The van der Waals surface area contributed by atoms with Crippen LogP contribution in [0.25, 0.3) is 0 Å². The molecule has 1 amide bonds. The molecule has 0 saturated carbocycles. The Morgan fingerprint density at radius 1 is 1.15 bits per heavy atom. The van der Waals surface area contributed by atoms with E-state index < -0.39 is 26.8 Å². The van der Waals surface area contributed by atoms with E-state index in [9.17, 15) is 28.1 Å². The Bertz CT molecular complexity index is 1160. The summed E-state index contributed by atoms with van der Waals surface area (Å²) in [5.41, 5.74) is 0.915. The molecule has 0 spiro atoms. The molecular weight excluding hydrogens is 450 g/mol. The van der Waals surface area contributed by atoms with Crippen LogP contribution in [0, 0.1) is 23.0 Å². The number of ether oxygens (including phenoxy) is 1. The first-order valence-electron chi connectivity index (χ1n) is 10.5. The fourth-order valence-corrected chi connectivity index (χ4v) is 5.15. The Labute approximate surface area is 191 Å². The smallest absolute Gasteiger partial charge is 0.338 e. The fraction of sp³-hybridized carbons (Fsp3) is 0.364. The molecule has 2 aromatic carbocycles. The highest BCUT2D eigenvalue weighted by molar-refractivity contribution is 7.89. The van der Waals surface area contributed by atoms with E-state index in [0.717, 1.165) is 0 Å². The van der Waals surface area contributed by atoms with Crippen molar-refractivity contribution >= 4 is 33.3 Å². The number of benzene rings is 2. The number of amides is 1. The number of piperidine rings is 1. The maximum absolute atomic E-state index is 13.0. The first-order chi connectivity index (χ1) is 15.6. The van der Waals surface area contributed by atoms with Gasteiger partial charge in [-0.2, -0.15) is 4.31 Å². The molecule has 0 aliphatic carbocycles. The summed E-state index contributed by atoms with van der Waals surface area (Å²) in [7, 11) is -3.77. The van der Waals surface area contributed by atoms with Crippen LogP contribution in [-0.4, -0.2) is 49.2 Å². The number of hydrogen-bond donors (Lipinski definition) is 1. The monoisotopic (exact) mass is 475 g/mol. The summed E-state index contributed by atoms with van der Waals surface area (Å²) >= 11 is 0. The van der Waals surface area contributed by atoms with Crippen molar-refractivity contribution in [2.75, 3.05) is 25.0 Å². The summed E-state index contributed by atoms with van der Waals surface area (Å²) in [5.74, 6) is -1.23. The van der Waals surface area contributed by atoms with Crippen molar-refractivity contribution in [3.63, 3.8) is 0 Å². The van der Waals surface area contributed by atoms with Crippen LogP contribution < -0.4 is 5.32 Å². The van der Waals surface area contributed by atoms with Gasteiger partial charge in [0, 0.05) is 25.1 Å². The fourth-order valence-electron chi connectivity index (χ4n) is 3.68. The van der Waals surface area contributed by atoms with E-state index in [2.05, 4.69) is 5.32 Å². The Kier molecular flexibility index (Phi) is 7.44. The molecular formula is C22H25N3O7S. The topological polar surface area (TPSA) is 136 Å². The molecule has 1 heterocycles. The summed E-state index contributed by atoms with van der Waals surface area (Å²) in [6.07, 6.45) is 0.639. The number of sulfonamides is 1. The first kappa shape index (κ1) is 24.3. The molecule has 1 aliphatic heterocycles. The summed E-state index contributed by atoms with van der Waals surface area (Å²) in [6, 6.07) is 10.0. The largest absolute Gasteiger partial charge is 0.462 e. The van der Waals surface area contributed by atoms with Gasteiger partial charge in [0.25, 0.3) is 5.69 Å². The van der Waals surface area contributed by atoms with Gasteiger partial charge in [0.2, 0.25) is 15.9 Å². The van der Waals surface area contributed by atoms with E-state index >= 15 is 0 Å². The maximum Gasteiger partial charge on any atom is 0.338 e. The highest BCUT2D eigenvalue weighted by Gasteiger charge is 2.32. The molecule has 0 unspecified atom stereocenters. The number of rotatable bonds is 7. The molecule has 1 fully saturated rings. The minimum atomic E-state index is -3.77. The van der Waals surface area contributed by atoms with Crippen molar-refractivity contribution in [1.82, 2.24) is 4.31 Å². The number of esters is 1. The van der Waals surface area contributed by atoms with Crippen molar-refractivity contribution < 1.29 is 27.7 Å². The van der Waals surface area contributed by atoms with Crippen LogP contribution in [0.5, 0.6) is 0 Å². The lowest BCUT2D eigenvalue weighted by atomic mass is 9.97. The van der Waals surface area contributed by atoms with Gasteiger partial charge in [-0.1, -0.05) is 6.07 Å². The highest BCUT2D eigenvalue weighted by Crippen LogP contribution is 2.28. The lowest BCUT2D eigenvalue weighted by Gasteiger charge is -2.30. The minimum Gasteiger partial charge on any atom is -0.462 e. The lowest BCUT2D eigenvalue weighted by molar-refractivity contribution is -0.385. The summed E-state index contributed by atoms with van der Waals surface area (Å²) in [6.45, 7) is 3.80. The average molecular weight is 476 g/mol. The van der Waals surface area contributed by atoms with Gasteiger partial charge >= 0.3 is 5.97 Å². The molecule has 1 N–H and O–H groups in total. The Morgan fingerprint density at radius 3 is 2.36 bits per heavy atom. The minimum absolute atomic E-state index is 0.0608. The summed E-state index contributed by atoms with van der Waals surface area (Å²) in [4.78, 5) is 35.1. The third kappa shape index (κ3) is 5.37. The second-order valence-electron chi connectivity index (χ2n) is 7.62. The lowest BCUT2D eigenvalue weighted by Crippen LogP contribution is -2.41. The van der Waals surface area contributed by atoms with Gasteiger partial charge in [0.05, 0.1) is 33.2 Å². The zero-order valence-electron chi connectivity index (χ0n) is 18.3. The van der Waals surface area contributed by atoms with Gasteiger partial charge in [-0.05, 0) is 57.0 Å². The predicted octanol–water partition coefficient (Wildman–Crippen LogP) is 3.12. The second-order valence-corrected chi connectivity index (χ2v) is 9.56. The molecule has 0 bridgehead atoms. The number of anilines is 1. The van der Waals surface area contributed by atoms with Gasteiger partial charge in [-0.3, -0.25) is 14.9 Å². The molecule has 33 heavy (non-hydrogen) atoms. The SMILES string of the molecule is CCOC(=O)c1ccc(S(=O)(=O)N2CCC(C(=O)Nc3cccc([N+](=O)[O-])c3C)CC2)cc1. The molecule has 1 saturated heterocycles. The third-order valence-electron chi connectivity index (χ3n) is 5.59. The van der Waals surface area contributed by atoms with Crippen LogP contribution in [-0.2, 0) is 19.6 Å². The Hall–Kier alpha value is -3.31. The van der Waals surface area contributed by atoms with Gasteiger partial charge in [-0.25, -0.2) is 13.2 Å². The van der Waals surface area contributed by atoms with Crippen molar-refractivity contribution in [2.45, 2.75) is 31.6 Å². The average Bonchev–Trinajstić information content (AvgIpc) is 2.80. The molecule has 2 aromatic rings. The molecule has 10 nitrogen and oxygen atoms in total. The van der Waals surface area contributed by atoms with Crippen LogP contribution in [0.3, 0.4) is 0 Å². The van der Waals surface area contributed by atoms with Crippen LogP contribution in [0.2, 0.25) is 0 Å². The van der Waals surface area contributed by atoms with Gasteiger partial charge < -0.3 is 10.1 Å². The first-order valence-corrected chi connectivity index (χ1v) is 11.9. The number of nitro benzene ring substituents is 1. The van der Waals surface area contributed by atoms with Gasteiger partial charge in [0.15, 0.2) is 0 Å². The van der Waals surface area contributed by atoms with E-state index in [1.165, 1.54) is 40.7 Å². The second kappa shape index (κ2) is 10.1. The quantitative estimate of drug-likeness (QED) is 0.369. The Balaban J connectivity index is 1.63. The number of carbonyl (C=O) groups excluding carboxylic acids is 2. The van der Waals surface area contributed by atoms with E-state index in [4.69, 9.17) is 4.74 Å². The number of nitrogens with zero attached hydrogens (tertiary/aromatic N) is 2. The van der Waals surface area contributed by atoms with Crippen LogP contribution in [0.4, 0.5) is 11.4 Å². The zero-order valence-corrected chi connectivity index (χ0v) is 19.1. The van der Waals surface area contributed by atoms with E-state index in [1.807, 2.05) is 0 Å². The summed E-state index contributed by atoms with van der Waals surface area (Å²) < 4.78 is 32.1. The highest BCUT2D eigenvalue weighted by atomic mass is 32.2. The van der Waals surface area contributed by atoms with E-state index in [1.54, 1.807) is 19.9 Å². The van der Waals surface area contributed by atoms with Gasteiger partial charge in [0.1, 0.15) is 0 Å². The molecule has 0 aromatic heterocycles. The van der Waals surface area contributed by atoms with Crippen molar-refractivity contribution in [3.8, 4) is 0 Å². The molecule has 0 radical (unpaired) electrons. The number of nitro groups is 1. The van der Waals surface area contributed by atoms with E-state index in [-0.39, 0.29) is 41.7 Å². The number of nitrogens with one attached hydrogen (secondary N) is 1. The van der Waals surface area contributed by atoms with Crippen LogP contribution in [0.15, 0.2) is 47.4 Å². The molecule has 1 aliphatic rings. The van der Waals surface area contributed by atoms with Crippen molar-refractivity contribution in [3.05, 3.63) is 63.7 Å². The molecule has 11 heteroatoms. The Morgan fingerprint density at radius 2 is 1.79 bits per heavy atom. The van der Waals surface area contributed by atoms with Crippen molar-refractivity contribution in [2.24, 2.45) is 5.92 Å². The van der Waals surface area contributed by atoms with E-state index in [0.29, 0.717) is 24.1 Å². The maximum atomic E-state index is 13.0.